The summed E-state index contributed by atoms with van der Waals surface area (Å²) in [6.45, 7) is 0. The maximum atomic E-state index is 14.9. The maximum absolute atomic E-state index is 14.9. The van der Waals surface area contributed by atoms with Crippen LogP contribution >= 0.6 is 0 Å². The third-order valence-corrected chi connectivity index (χ3v) is 4.42. The fraction of sp³-hybridized carbons (Fsp3) is 0.0435. The van der Waals surface area contributed by atoms with Crippen molar-refractivity contribution in [2.75, 3.05) is 0 Å². The Kier molecular flexibility index (Phi) is 6.98. The number of halogens is 2. The van der Waals surface area contributed by atoms with Crippen molar-refractivity contribution >= 4 is 5.69 Å². The van der Waals surface area contributed by atoms with E-state index in [2.05, 4.69) is 22.1 Å². The van der Waals surface area contributed by atoms with E-state index in [0.29, 0.717) is 12.1 Å². The zero-order chi connectivity index (χ0) is 21.1. The van der Waals surface area contributed by atoms with E-state index in [1.165, 1.54) is 18.3 Å². The van der Waals surface area contributed by atoms with Crippen LogP contribution in [-0.4, -0.2) is 14.9 Å². The van der Waals surface area contributed by atoms with Gasteiger partial charge in [-0.05, 0) is 18.6 Å². The van der Waals surface area contributed by atoms with Crippen LogP contribution in [0.3, 0.4) is 0 Å². The maximum Gasteiger partial charge on any atom is 2.00 e. The third-order valence-electron chi connectivity index (χ3n) is 4.42. The standard InChI is InChI=1S/C23H13F2N3O2.Pt/c24-21-17(19-10-4-5-12-26-19)14-18(22(25)23(21)28(29)30)20-11-6-9-16(27-20)13-15-7-2-1-3-8-15;/h1-7,9-12H,13H2;/q-2;+2. The minimum atomic E-state index is -1.33. The van der Waals surface area contributed by atoms with Crippen molar-refractivity contribution < 1.29 is 34.8 Å². The van der Waals surface area contributed by atoms with Gasteiger partial charge < -0.3 is 0 Å². The molecule has 0 radical (unpaired) electrons. The Hall–Kier alpha value is -3.31. The summed E-state index contributed by atoms with van der Waals surface area (Å²) in [4.78, 5) is 18.7. The smallest absolute Gasteiger partial charge is 0.295 e. The molecule has 0 aliphatic rings. The fourth-order valence-corrected chi connectivity index (χ4v) is 3.04. The van der Waals surface area contributed by atoms with Crippen LogP contribution in [0.1, 0.15) is 11.3 Å². The van der Waals surface area contributed by atoms with E-state index in [4.69, 9.17) is 0 Å². The SMILES string of the molecule is O=[N+]([O-])c1c(F)c(-c2ccccn2)[c-]c(-c2cccc(Cc3[c-]cccc3)n2)c1F.[Pt+2]. The normalized spacial score (nSPS) is 10.4. The second-order valence-electron chi connectivity index (χ2n) is 6.40. The summed E-state index contributed by atoms with van der Waals surface area (Å²) < 4.78 is 29.7. The first-order valence-corrected chi connectivity index (χ1v) is 8.96. The molecule has 4 rings (SSSR count). The van der Waals surface area contributed by atoms with Gasteiger partial charge in [-0.2, -0.15) is 35.9 Å². The Morgan fingerprint density at radius 3 is 2.29 bits per heavy atom. The van der Waals surface area contributed by atoms with Crippen LogP contribution in [0.25, 0.3) is 22.5 Å². The molecule has 0 unspecified atom stereocenters. The van der Waals surface area contributed by atoms with E-state index in [9.17, 15) is 18.9 Å². The third kappa shape index (κ3) is 4.72. The number of nitro groups is 1. The van der Waals surface area contributed by atoms with Gasteiger partial charge in [0.15, 0.2) is 0 Å². The first-order chi connectivity index (χ1) is 14.5. The largest absolute Gasteiger partial charge is 2.00 e. The van der Waals surface area contributed by atoms with E-state index in [1.54, 1.807) is 30.3 Å². The van der Waals surface area contributed by atoms with Crippen LogP contribution in [0.2, 0.25) is 0 Å². The van der Waals surface area contributed by atoms with E-state index in [0.717, 1.165) is 5.56 Å². The van der Waals surface area contributed by atoms with Crippen LogP contribution in [0.15, 0.2) is 66.9 Å². The van der Waals surface area contributed by atoms with Crippen molar-refractivity contribution in [3.63, 3.8) is 0 Å². The monoisotopic (exact) mass is 596 g/mol. The molecular formula is C23H13F2N3O2Pt. The molecule has 0 fully saturated rings. The Bertz CT molecular complexity index is 1220. The van der Waals surface area contributed by atoms with Crippen LogP contribution in [0.5, 0.6) is 0 Å². The molecular weight excluding hydrogens is 583 g/mol. The molecule has 0 aliphatic heterocycles. The van der Waals surface area contributed by atoms with Gasteiger partial charge in [-0.25, -0.2) is 8.78 Å². The van der Waals surface area contributed by atoms with Crippen LogP contribution in [-0.2, 0) is 27.5 Å². The number of nitro benzene ring substituents is 1. The molecule has 0 spiro atoms. The number of aromatic nitrogens is 2. The molecule has 4 aromatic rings. The van der Waals surface area contributed by atoms with Gasteiger partial charge >= 0.3 is 21.1 Å². The van der Waals surface area contributed by atoms with Crippen LogP contribution in [0, 0.1) is 33.9 Å². The molecule has 0 saturated carbocycles. The zero-order valence-electron chi connectivity index (χ0n) is 15.8. The molecule has 2 aromatic carbocycles. The van der Waals surface area contributed by atoms with Gasteiger partial charge in [0, 0.05) is 23.3 Å². The van der Waals surface area contributed by atoms with Crippen molar-refractivity contribution in [1.29, 1.82) is 0 Å². The molecule has 0 N–H and O–H groups in total. The Labute approximate surface area is 191 Å². The summed E-state index contributed by atoms with van der Waals surface area (Å²) in [5, 5.41) is 11.4. The predicted molar refractivity (Wildman–Crippen MR) is 106 cm³/mol. The van der Waals surface area contributed by atoms with E-state index in [-0.39, 0.29) is 43.6 Å². The summed E-state index contributed by atoms with van der Waals surface area (Å²) >= 11 is 0. The minimum Gasteiger partial charge on any atom is -0.295 e. The van der Waals surface area contributed by atoms with E-state index in [1.807, 2.05) is 18.2 Å². The van der Waals surface area contributed by atoms with Crippen molar-refractivity contribution in [1.82, 2.24) is 9.97 Å². The number of rotatable bonds is 5. The van der Waals surface area contributed by atoms with Gasteiger partial charge in [-0.3, -0.25) is 20.1 Å². The Morgan fingerprint density at radius 1 is 0.935 bits per heavy atom. The summed E-state index contributed by atoms with van der Waals surface area (Å²) in [5.74, 6) is -2.65. The van der Waals surface area contributed by atoms with Crippen molar-refractivity contribution in [2.45, 2.75) is 6.42 Å². The molecule has 0 bridgehead atoms. The molecule has 0 atom stereocenters. The van der Waals surface area contributed by atoms with Gasteiger partial charge in [0.2, 0.25) is 0 Å². The van der Waals surface area contributed by atoms with Gasteiger partial charge in [-0.15, -0.1) is 6.07 Å². The molecule has 2 aromatic heterocycles. The number of hydrogen-bond acceptors (Lipinski definition) is 4. The zero-order valence-corrected chi connectivity index (χ0v) is 18.1. The summed E-state index contributed by atoms with van der Waals surface area (Å²) in [5.41, 5.74) is -0.131. The predicted octanol–water partition coefficient (Wildman–Crippen LogP) is 5.19. The van der Waals surface area contributed by atoms with Gasteiger partial charge in [0.1, 0.15) is 11.6 Å². The summed E-state index contributed by atoms with van der Waals surface area (Å²) in [6, 6.07) is 22.6. The van der Waals surface area contributed by atoms with E-state index < -0.39 is 22.2 Å². The first-order valence-electron chi connectivity index (χ1n) is 8.96. The van der Waals surface area contributed by atoms with Crippen LogP contribution in [0.4, 0.5) is 14.5 Å². The van der Waals surface area contributed by atoms with Crippen molar-refractivity contribution in [3.8, 4) is 22.5 Å². The molecule has 31 heavy (non-hydrogen) atoms. The topological polar surface area (TPSA) is 68.9 Å². The van der Waals surface area contributed by atoms with E-state index >= 15 is 0 Å². The fourth-order valence-electron chi connectivity index (χ4n) is 3.04. The summed E-state index contributed by atoms with van der Waals surface area (Å²) in [7, 11) is 0. The van der Waals surface area contributed by atoms with Crippen molar-refractivity contribution in [2.24, 2.45) is 0 Å². The molecule has 0 aliphatic carbocycles. The molecule has 8 heteroatoms. The average molecular weight is 596 g/mol. The number of benzene rings is 2. The van der Waals surface area contributed by atoms with Crippen LogP contribution < -0.4 is 0 Å². The first kappa shape index (κ1) is 22.4. The number of pyridine rings is 2. The molecule has 0 amide bonds. The van der Waals surface area contributed by atoms with Crippen molar-refractivity contribution in [3.05, 3.63) is 112 Å². The number of hydrogen-bond donors (Lipinski definition) is 0. The number of nitrogens with zero attached hydrogens (tertiary/aromatic N) is 3. The molecule has 156 valence electrons. The quantitative estimate of drug-likeness (QED) is 0.181. The Balaban J connectivity index is 0.00000272. The molecule has 0 saturated heterocycles. The Morgan fingerprint density at radius 2 is 1.65 bits per heavy atom. The average Bonchev–Trinajstić information content (AvgIpc) is 2.75. The second kappa shape index (κ2) is 9.66. The molecule has 5 nitrogen and oxygen atoms in total. The molecule has 2 heterocycles. The van der Waals surface area contributed by atoms with Gasteiger partial charge in [0.25, 0.3) is 5.69 Å². The van der Waals surface area contributed by atoms with Gasteiger partial charge in [0.05, 0.1) is 4.92 Å². The minimum absolute atomic E-state index is 0. The summed E-state index contributed by atoms with van der Waals surface area (Å²) in [6.07, 6.45) is 1.85. The van der Waals surface area contributed by atoms with Gasteiger partial charge in [-0.1, -0.05) is 35.4 Å². The second-order valence-corrected chi connectivity index (χ2v) is 6.40.